The number of anilines is 6. The molecule has 3 aromatic heterocycles. The second-order valence-electron chi connectivity index (χ2n) is 25.2. The third kappa shape index (κ3) is 17.0. The van der Waals surface area contributed by atoms with Crippen LogP contribution in [-0.2, 0) is 24.0 Å². The third-order valence-electron chi connectivity index (χ3n) is 18.0. The van der Waals surface area contributed by atoms with Gasteiger partial charge in [-0.25, -0.2) is 15.0 Å². The first-order valence-corrected chi connectivity index (χ1v) is 31.2. The molecular weight excluding hydrogens is 1150 g/mol. The Labute approximate surface area is 544 Å². The second kappa shape index (κ2) is 30.8. The highest BCUT2D eigenvalue weighted by Crippen LogP contribution is 2.44. The van der Waals surface area contributed by atoms with E-state index in [1.54, 1.807) is 7.11 Å². The Morgan fingerprint density at radius 2 is 0.815 bits per heavy atom. The second-order valence-corrected chi connectivity index (χ2v) is 25.2. The van der Waals surface area contributed by atoms with Crippen molar-refractivity contribution >= 4 is 35.3 Å². The van der Waals surface area contributed by atoms with Gasteiger partial charge in [-0.2, -0.15) is 30.7 Å². The van der Waals surface area contributed by atoms with Crippen LogP contribution in [0.15, 0.2) is 152 Å². The zero-order valence-electron chi connectivity index (χ0n) is 53.4. The van der Waals surface area contributed by atoms with Crippen molar-refractivity contribution in [1.82, 2.24) is 29.9 Å². The number of hydrogen-bond donors (Lipinski definition) is 9. The van der Waals surface area contributed by atoms with E-state index in [1.807, 2.05) is 102 Å². The van der Waals surface area contributed by atoms with Gasteiger partial charge in [0.05, 0.1) is 43.5 Å². The first-order valence-electron chi connectivity index (χ1n) is 31.2. The lowest BCUT2D eigenvalue weighted by molar-refractivity contribution is -0.0512. The van der Waals surface area contributed by atoms with E-state index in [4.69, 9.17) is 9.47 Å². The van der Waals surface area contributed by atoms with Gasteiger partial charge in [0.1, 0.15) is 64.7 Å². The highest BCUT2D eigenvalue weighted by molar-refractivity contribution is 5.65. The molecule has 0 spiro atoms. The molecule has 0 saturated heterocycles. The molecule has 0 radical (unpaired) electrons. The number of benzene rings is 5. The van der Waals surface area contributed by atoms with Gasteiger partial charge in [-0.3, -0.25) is 0 Å². The predicted molar refractivity (Wildman–Crippen MR) is 366 cm³/mol. The number of rotatable bonds is 24. The Bertz CT molecular complexity index is 3850. The number of methoxy groups -OCH3 is 1. The molecule has 20 nitrogen and oxygen atoms in total. The lowest BCUT2D eigenvalue weighted by Crippen LogP contribution is -2.57. The molecule has 92 heavy (non-hydrogen) atoms. The van der Waals surface area contributed by atoms with Crippen LogP contribution >= 0.6 is 0 Å². The predicted octanol–water partition coefficient (Wildman–Crippen LogP) is 11.8. The molecule has 3 fully saturated rings. The SMILES string of the molecule is CC1(C)[C@@H](O)C[C@H]1Nc1nc(NCCc2ccc(-c3ccccc3)cc2)ncc1C#N.CC1(C)[C@@H](O)C[C@H]1Nc1nc(NCCc2cccc(-c3ccccc3)c2)ncc1C#N.COCCOc1ccc(CCNc2ncc(C#N)c(N[C@@H]3C[C@H](O)C3(C)C)n2)cc1.[HH].[HH].[HH]. The Hall–Kier alpha value is -9.75. The fourth-order valence-corrected chi connectivity index (χ4v) is 10.9. The third-order valence-corrected chi connectivity index (χ3v) is 18.0. The average molecular weight is 1240 g/mol. The van der Waals surface area contributed by atoms with E-state index in [-0.39, 0.29) is 57.0 Å². The molecule has 3 aliphatic carbocycles. The van der Waals surface area contributed by atoms with Gasteiger partial charge in [-0.15, -0.1) is 0 Å². The van der Waals surface area contributed by atoms with E-state index < -0.39 is 0 Å². The highest BCUT2D eigenvalue weighted by atomic mass is 16.5. The van der Waals surface area contributed by atoms with Crippen LogP contribution < -0.4 is 36.6 Å². The fourth-order valence-electron chi connectivity index (χ4n) is 10.9. The number of nitrogens with zero attached hydrogens (tertiary/aromatic N) is 9. The van der Waals surface area contributed by atoms with Crippen LogP contribution in [0.2, 0.25) is 0 Å². The van der Waals surface area contributed by atoms with Crippen LogP contribution in [0.1, 0.15) is 98.5 Å². The molecule has 482 valence electrons. The molecule has 5 aromatic carbocycles. The largest absolute Gasteiger partial charge is 0.491 e. The van der Waals surface area contributed by atoms with E-state index >= 15 is 0 Å². The number of nitriles is 3. The standard InChI is InChI=1S/2C25H27N5O.C22H29N5O3.3H2/c1-25(2)21(14-22(25)31)29-23-20(15-26)16-28-24(30-23)27-12-11-17-7-6-10-19(13-17)18-8-4-3-5-9-18;1-25(2)21(14-22(25)31)29-23-20(15-26)16-28-24(30-23)27-13-12-17-8-10-19(11-9-17)18-6-4-3-5-7-18;1-22(2)18(12-19(22)28)26-20-16(13-23)14-25-21(27-20)24-9-8-15-4-6-17(7-5-15)30-11-10-29-3;;;/h3-10,13,16,21-22,31H,11-12,14H2,1-2H3,(H2,27,28,29,30);3-11,16,21-22,31H,12-14H2,1-2H3,(H2,27,28,29,30);4-7,14,18-19,28H,8-12H2,1-3H3,(H2,24,25,26,27);3*1H/t2*21-,22+;18-,19+;;;/m111.../s1. The van der Waals surface area contributed by atoms with Crippen molar-refractivity contribution in [3.63, 3.8) is 0 Å². The number of ether oxygens (including phenoxy) is 2. The van der Waals surface area contributed by atoms with Crippen LogP contribution in [0.5, 0.6) is 5.75 Å². The molecule has 11 rings (SSSR count). The molecular formula is C72H89N15O5. The summed E-state index contributed by atoms with van der Waals surface area (Å²) in [4.78, 5) is 26.3. The number of aliphatic hydroxyl groups is 3. The first-order chi connectivity index (χ1) is 44.4. The van der Waals surface area contributed by atoms with Gasteiger partial charge in [0.25, 0.3) is 0 Å². The molecule has 9 N–H and O–H groups in total. The fraction of sp³-hybridized carbons (Fsp3) is 0.375. The van der Waals surface area contributed by atoms with Gasteiger partial charge in [-0.1, -0.05) is 163 Å². The summed E-state index contributed by atoms with van der Waals surface area (Å²) in [5.41, 5.74) is 8.86. The van der Waals surface area contributed by atoms with E-state index in [9.17, 15) is 31.1 Å². The minimum atomic E-state index is -0.350. The molecule has 6 atom stereocenters. The van der Waals surface area contributed by atoms with E-state index in [2.05, 4.69) is 153 Å². The van der Waals surface area contributed by atoms with Crippen LogP contribution in [0.3, 0.4) is 0 Å². The Morgan fingerprint density at radius 3 is 1.18 bits per heavy atom. The topological polar surface area (TPSA) is 300 Å². The van der Waals surface area contributed by atoms with Crippen molar-refractivity contribution in [1.29, 1.82) is 15.8 Å². The molecule has 0 unspecified atom stereocenters. The Kier molecular flexibility index (Phi) is 22.3. The van der Waals surface area contributed by atoms with Crippen LogP contribution in [0.4, 0.5) is 35.3 Å². The van der Waals surface area contributed by atoms with Crippen molar-refractivity contribution in [3.05, 3.63) is 185 Å². The molecule has 3 aliphatic rings. The molecule has 20 heteroatoms. The maximum atomic E-state index is 9.97. The summed E-state index contributed by atoms with van der Waals surface area (Å²) in [6.07, 6.45) is 7.93. The maximum Gasteiger partial charge on any atom is 0.224 e. The van der Waals surface area contributed by atoms with Crippen molar-refractivity contribution < 1.29 is 29.1 Å². The Morgan fingerprint density at radius 1 is 0.457 bits per heavy atom. The molecule has 0 amide bonds. The molecule has 0 aliphatic heterocycles. The number of aliphatic hydroxyl groups excluding tert-OH is 3. The van der Waals surface area contributed by atoms with Gasteiger partial charge >= 0.3 is 0 Å². The van der Waals surface area contributed by atoms with Crippen molar-refractivity contribution in [2.45, 2.75) is 117 Å². The van der Waals surface area contributed by atoms with Gasteiger partial charge in [-0.05, 0) is 89.6 Å². The summed E-state index contributed by atoms with van der Waals surface area (Å²) in [6, 6.07) is 52.3. The van der Waals surface area contributed by atoms with Crippen LogP contribution in [0.25, 0.3) is 22.3 Å². The van der Waals surface area contributed by atoms with Crippen LogP contribution in [0, 0.1) is 50.2 Å². The lowest BCUT2D eigenvalue weighted by Gasteiger charge is -2.49. The van der Waals surface area contributed by atoms with Gasteiger partial charge in [0.2, 0.25) is 17.8 Å². The highest BCUT2D eigenvalue weighted by Gasteiger charge is 2.49. The normalized spacial score (nSPS) is 19.2. The monoisotopic (exact) mass is 1240 g/mol. The quantitative estimate of drug-likeness (QED) is 0.0254. The van der Waals surface area contributed by atoms with E-state index in [0.29, 0.717) is 104 Å². The molecule has 8 aromatic rings. The Balaban J connectivity index is 0.000000222. The smallest absolute Gasteiger partial charge is 0.224 e. The summed E-state index contributed by atoms with van der Waals surface area (Å²) in [5, 5.41) is 77.7. The lowest BCUT2D eigenvalue weighted by atomic mass is 9.64. The zero-order chi connectivity index (χ0) is 65.3. The van der Waals surface area contributed by atoms with Gasteiger partial charge < -0.3 is 56.7 Å². The number of aromatic nitrogens is 6. The summed E-state index contributed by atoms with van der Waals surface area (Å²) >= 11 is 0. The first kappa shape index (κ1) is 66.7. The van der Waals surface area contributed by atoms with Crippen molar-refractivity contribution in [2.75, 3.05) is 71.9 Å². The minimum Gasteiger partial charge on any atom is -0.491 e. The maximum absolute atomic E-state index is 9.97. The van der Waals surface area contributed by atoms with E-state index in [0.717, 1.165) is 25.0 Å². The van der Waals surface area contributed by atoms with Gasteiger partial charge in [0.15, 0.2) is 0 Å². The molecule has 3 saturated carbocycles. The summed E-state index contributed by atoms with van der Waals surface area (Å²) in [6.45, 7) is 15.1. The van der Waals surface area contributed by atoms with Crippen molar-refractivity contribution in [2.24, 2.45) is 16.2 Å². The average Bonchev–Trinajstić information content (AvgIpc) is 0.784. The minimum absolute atomic E-state index is 0. The van der Waals surface area contributed by atoms with Crippen molar-refractivity contribution in [3.8, 4) is 46.2 Å². The number of nitrogens with one attached hydrogen (secondary N) is 6. The zero-order valence-corrected chi connectivity index (χ0v) is 53.4. The molecule has 3 heterocycles. The van der Waals surface area contributed by atoms with Gasteiger partial charge in [0, 0.05) is 65.4 Å². The molecule has 0 bridgehead atoms. The summed E-state index contributed by atoms with van der Waals surface area (Å²) < 4.78 is 10.5. The van der Waals surface area contributed by atoms with E-state index in [1.165, 1.54) is 57.5 Å². The van der Waals surface area contributed by atoms with Crippen LogP contribution in [-0.4, -0.2) is 122 Å². The summed E-state index contributed by atoms with van der Waals surface area (Å²) in [7, 11) is 1.65. The summed E-state index contributed by atoms with van der Waals surface area (Å²) in [5.74, 6) is 3.77. The number of hydrogen-bond acceptors (Lipinski definition) is 20.